The van der Waals surface area contributed by atoms with Crippen molar-refractivity contribution in [2.75, 3.05) is 27.7 Å². The van der Waals surface area contributed by atoms with Gasteiger partial charge in [0.2, 0.25) is 11.8 Å². The van der Waals surface area contributed by atoms with Gasteiger partial charge in [0.05, 0.1) is 43.1 Å². The Bertz CT molecular complexity index is 1960. The van der Waals surface area contributed by atoms with Gasteiger partial charge in [-0.1, -0.05) is 30.8 Å². The second-order valence-electron chi connectivity index (χ2n) is 11.1. The van der Waals surface area contributed by atoms with Crippen LogP contribution in [-0.4, -0.2) is 64.1 Å². The molecular formula is C34H31F2N5O3S. The number of nitrogens with zero attached hydrogens (tertiary/aromatic N) is 5. The van der Waals surface area contributed by atoms with Crippen LogP contribution < -0.4 is 4.74 Å². The smallest absolute Gasteiger partial charge is 0.246 e. The molecule has 0 saturated carbocycles. The van der Waals surface area contributed by atoms with Crippen LogP contribution in [0.3, 0.4) is 0 Å². The second kappa shape index (κ2) is 11.9. The SMILES string of the molecule is C=CC(=O)N1CCn2nc(-c3nc(-c4ccc(CC(=O)N(C)C)cc4)c4ccsc4c3-c3c(F)cc(F)cc3OC)cc2C1C. The lowest BCUT2D eigenvalue weighted by Crippen LogP contribution is -2.40. The second-order valence-corrected chi connectivity index (χ2v) is 12.0. The molecule has 0 bridgehead atoms. The molecule has 11 heteroatoms. The van der Waals surface area contributed by atoms with Gasteiger partial charge in [-0.25, -0.2) is 13.8 Å². The molecule has 230 valence electrons. The molecule has 0 fully saturated rings. The van der Waals surface area contributed by atoms with Crippen LogP contribution >= 0.6 is 11.3 Å². The van der Waals surface area contributed by atoms with Crippen molar-refractivity contribution in [2.45, 2.75) is 25.9 Å². The number of pyridine rings is 1. The quantitative estimate of drug-likeness (QED) is 0.193. The summed E-state index contributed by atoms with van der Waals surface area (Å²) in [6.07, 6.45) is 1.57. The summed E-state index contributed by atoms with van der Waals surface area (Å²) >= 11 is 1.41. The fourth-order valence-electron chi connectivity index (χ4n) is 5.77. The van der Waals surface area contributed by atoms with Crippen LogP contribution in [0, 0.1) is 11.6 Å². The molecule has 0 radical (unpaired) electrons. The number of fused-ring (bicyclic) bond motifs is 2. The van der Waals surface area contributed by atoms with Crippen molar-refractivity contribution in [3.63, 3.8) is 0 Å². The minimum atomic E-state index is -0.785. The normalized spacial score (nSPS) is 14.4. The number of thiophene rings is 1. The molecule has 4 heterocycles. The fraction of sp³-hybridized carbons (Fsp3) is 0.235. The number of hydrogen-bond acceptors (Lipinski definition) is 6. The van der Waals surface area contributed by atoms with E-state index in [9.17, 15) is 14.0 Å². The number of likely N-dealkylation sites (N-methyl/N-ethyl adjacent to an activating group) is 1. The molecule has 3 aromatic heterocycles. The van der Waals surface area contributed by atoms with Crippen molar-refractivity contribution >= 4 is 33.2 Å². The van der Waals surface area contributed by atoms with Crippen LogP contribution in [0.1, 0.15) is 24.2 Å². The van der Waals surface area contributed by atoms with Gasteiger partial charge < -0.3 is 14.5 Å². The lowest BCUT2D eigenvalue weighted by atomic mass is 9.96. The van der Waals surface area contributed by atoms with Crippen molar-refractivity contribution in [1.82, 2.24) is 24.6 Å². The summed E-state index contributed by atoms with van der Waals surface area (Å²) < 4.78 is 38.2. The van der Waals surface area contributed by atoms with Crippen LogP contribution in [-0.2, 0) is 22.6 Å². The van der Waals surface area contributed by atoms with E-state index in [0.29, 0.717) is 35.7 Å². The summed E-state index contributed by atoms with van der Waals surface area (Å²) in [5, 5.41) is 7.57. The first-order valence-electron chi connectivity index (χ1n) is 14.4. The van der Waals surface area contributed by atoms with Gasteiger partial charge in [0.1, 0.15) is 28.8 Å². The molecule has 1 aliphatic heterocycles. The zero-order chi connectivity index (χ0) is 32.0. The van der Waals surface area contributed by atoms with Crippen LogP contribution in [0.4, 0.5) is 8.78 Å². The molecule has 1 atom stereocenters. The van der Waals surface area contributed by atoms with Crippen molar-refractivity contribution in [1.29, 1.82) is 0 Å². The highest BCUT2D eigenvalue weighted by atomic mass is 32.1. The zero-order valence-electron chi connectivity index (χ0n) is 25.3. The van der Waals surface area contributed by atoms with Crippen molar-refractivity contribution in [3.05, 3.63) is 89.5 Å². The van der Waals surface area contributed by atoms with Gasteiger partial charge in [0.15, 0.2) is 0 Å². The first-order valence-corrected chi connectivity index (χ1v) is 15.2. The predicted molar refractivity (Wildman–Crippen MR) is 171 cm³/mol. The third-order valence-corrected chi connectivity index (χ3v) is 9.07. The van der Waals surface area contributed by atoms with Crippen molar-refractivity contribution in [2.24, 2.45) is 0 Å². The Hall–Kier alpha value is -4.90. The molecule has 5 aromatic rings. The first-order chi connectivity index (χ1) is 21.6. The highest BCUT2D eigenvalue weighted by Gasteiger charge is 2.31. The minimum Gasteiger partial charge on any atom is -0.496 e. The minimum absolute atomic E-state index is 0.00524. The maximum atomic E-state index is 15.8. The number of aromatic nitrogens is 3. The third-order valence-electron chi connectivity index (χ3n) is 8.14. The summed E-state index contributed by atoms with van der Waals surface area (Å²) in [6.45, 7) is 6.47. The van der Waals surface area contributed by atoms with Crippen molar-refractivity contribution in [3.8, 4) is 39.5 Å². The molecule has 45 heavy (non-hydrogen) atoms. The van der Waals surface area contributed by atoms with E-state index >= 15 is 4.39 Å². The number of benzene rings is 2. The summed E-state index contributed by atoms with van der Waals surface area (Å²) in [5.41, 5.74) is 4.52. The number of hydrogen-bond donors (Lipinski definition) is 0. The molecule has 6 rings (SSSR count). The Labute approximate surface area is 263 Å². The summed E-state index contributed by atoms with van der Waals surface area (Å²) in [6, 6.07) is 13.1. The monoisotopic (exact) mass is 627 g/mol. The van der Waals surface area contributed by atoms with Gasteiger partial charge in [0.25, 0.3) is 0 Å². The number of amides is 2. The molecule has 2 aromatic carbocycles. The first kappa shape index (κ1) is 30.1. The lowest BCUT2D eigenvalue weighted by molar-refractivity contribution is -0.129. The van der Waals surface area contributed by atoms with Crippen molar-refractivity contribution < 1.29 is 23.1 Å². The molecule has 0 spiro atoms. The Morgan fingerprint density at radius 2 is 1.84 bits per heavy atom. The molecule has 2 amide bonds. The van der Waals surface area contributed by atoms with Crippen LogP contribution in [0.5, 0.6) is 5.75 Å². The standard InChI is InChI=1S/C34H31F2N5O3S/c1-6-28(42)40-12-13-41-26(19(40)2)18-25(38-41)33-31(30-24(36)16-22(35)17-27(30)44-5)34-23(11-14-45-34)32(37-33)21-9-7-20(8-10-21)15-29(43)39(3)4/h6-11,14,16-19H,1,12-13,15H2,2-5H3. The summed E-state index contributed by atoms with van der Waals surface area (Å²) in [5.74, 6) is -1.69. The van der Waals surface area contributed by atoms with E-state index in [1.807, 2.05) is 53.4 Å². The van der Waals surface area contributed by atoms with Gasteiger partial charge in [-0.3, -0.25) is 14.3 Å². The van der Waals surface area contributed by atoms with E-state index in [1.54, 1.807) is 23.9 Å². The van der Waals surface area contributed by atoms with Crippen LogP contribution in [0.15, 0.2) is 66.6 Å². The Balaban J connectivity index is 1.58. The number of carbonyl (C=O) groups is 2. The van der Waals surface area contributed by atoms with Crippen LogP contribution in [0.25, 0.3) is 43.9 Å². The predicted octanol–water partition coefficient (Wildman–Crippen LogP) is 6.50. The lowest BCUT2D eigenvalue weighted by Gasteiger charge is -2.33. The number of rotatable bonds is 7. The van der Waals surface area contributed by atoms with Gasteiger partial charge in [-0.05, 0) is 36.1 Å². The van der Waals surface area contributed by atoms with Gasteiger partial charge >= 0.3 is 0 Å². The number of halogens is 2. The average Bonchev–Trinajstić information content (AvgIpc) is 3.69. The number of carbonyl (C=O) groups excluding carboxylic acids is 2. The van der Waals surface area contributed by atoms with E-state index in [4.69, 9.17) is 14.8 Å². The highest BCUT2D eigenvalue weighted by Crippen LogP contribution is 2.47. The molecule has 0 N–H and O–H groups in total. The maximum Gasteiger partial charge on any atom is 0.246 e. The third kappa shape index (κ3) is 5.37. The molecule has 1 unspecified atom stereocenters. The van der Waals surface area contributed by atoms with E-state index < -0.39 is 11.6 Å². The molecule has 0 aliphatic carbocycles. The Kier molecular flexibility index (Phi) is 7.96. The van der Waals surface area contributed by atoms with E-state index in [-0.39, 0.29) is 35.6 Å². The largest absolute Gasteiger partial charge is 0.496 e. The Morgan fingerprint density at radius 3 is 2.53 bits per heavy atom. The van der Waals surface area contributed by atoms with E-state index in [0.717, 1.165) is 39.0 Å². The van der Waals surface area contributed by atoms with Crippen LogP contribution in [0.2, 0.25) is 0 Å². The van der Waals surface area contributed by atoms with E-state index in [1.165, 1.54) is 24.5 Å². The van der Waals surface area contributed by atoms with E-state index in [2.05, 4.69) is 6.58 Å². The number of ether oxygens (including phenoxy) is 1. The van der Waals surface area contributed by atoms with Gasteiger partial charge in [-0.2, -0.15) is 5.10 Å². The maximum absolute atomic E-state index is 15.8. The van der Waals surface area contributed by atoms with Gasteiger partial charge in [-0.15, -0.1) is 11.3 Å². The topological polar surface area (TPSA) is 80.6 Å². The number of methoxy groups -OCH3 is 1. The average molecular weight is 628 g/mol. The fourth-order valence-corrected chi connectivity index (χ4v) is 6.71. The molecular weight excluding hydrogens is 596 g/mol. The zero-order valence-corrected chi connectivity index (χ0v) is 26.1. The molecule has 0 saturated heterocycles. The highest BCUT2D eigenvalue weighted by molar-refractivity contribution is 7.18. The summed E-state index contributed by atoms with van der Waals surface area (Å²) in [4.78, 5) is 33.2. The molecule has 1 aliphatic rings. The molecule has 8 nitrogen and oxygen atoms in total. The summed E-state index contributed by atoms with van der Waals surface area (Å²) in [7, 11) is 4.81. The van der Waals surface area contributed by atoms with Gasteiger partial charge in [0, 0.05) is 54.0 Å². The Morgan fingerprint density at radius 1 is 1.09 bits per heavy atom.